The molecule has 34 heavy (non-hydrogen) atoms. The molecule has 1 amide bonds. The first-order valence-electron chi connectivity index (χ1n) is 10.0. The van der Waals surface area contributed by atoms with E-state index >= 15 is 0 Å². The summed E-state index contributed by atoms with van der Waals surface area (Å²) in [5.41, 5.74) is -0.0616. The highest BCUT2D eigenvalue weighted by Gasteiger charge is 2.28. The number of nitrogens with one attached hydrogen (secondary N) is 1. The summed E-state index contributed by atoms with van der Waals surface area (Å²) in [7, 11) is -7.73. The van der Waals surface area contributed by atoms with Crippen LogP contribution in [0, 0.1) is 0 Å². The Kier molecular flexibility index (Phi) is 11.8. The average Bonchev–Trinajstić information content (AvgIpc) is 2.67. The summed E-state index contributed by atoms with van der Waals surface area (Å²) in [6, 6.07) is 7.82. The Morgan fingerprint density at radius 3 is 2.15 bits per heavy atom. The van der Waals surface area contributed by atoms with Gasteiger partial charge in [0, 0.05) is 11.5 Å². The van der Waals surface area contributed by atoms with Gasteiger partial charge in [0.05, 0.1) is 19.1 Å². The van der Waals surface area contributed by atoms with Gasteiger partial charge in [-0.3, -0.25) is 8.37 Å². The topological polar surface area (TPSA) is 151 Å². The summed E-state index contributed by atoms with van der Waals surface area (Å²) < 4.78 is 65.4. The first-order valence-corrected chi connectivity index (χ1v) is 14.8. The third kappa shape index (κ3) is 15.1. The molecule has 0 saturated carbocycles. The lowest BCUT2D eigenvalue weighted by Gasteiger charge is -2.24. The van der Waals surface area contributed by atoms with E-state index in [4.69, 9.17) is 13.7 Å². The van der Waals surface area contributed by atoms with Crippen LogP contribution in [-0.2, 0) is 49.5 Å². The van der Waals surface area contributed by atoms with Crippen molar-refractivity contribution in [1.82, 2.24) is 5.32 Å². The number of hydrogen-bond donors (Lipinski definition) is 1. The van der Waals surface area contributed by atoms with Gasteiger partial charge in [-0.25, -0.2) is 9.59 Å². The van der Waals surface area contributed by atoms with Crippen molar-refractivity contribution >= 4 is 44.1 Å². The van der Waals surface area contributed by atoms with Crippen LogP contribution in [0.3, 0.4) is 0 Å². The minimum Gasteiger partial charge on any atom is -0.458 e. The number of hydrogen-bond acceptors (Lipinski definition) is 11. The van der Waals surface area contributed by atoms with E-state index in [0.717, 1.165) is 29.8 Å². The number of carbonyl (C=O) groups excluding carboxylic acids is 2. The van der Waals surface area contributed by atoms with Crippen LogP contribution in [-0.4, -0.2) is 77.3 Å². The lowest BCUT2D eigenvalue weighted by molar-refractivity contribution is -0.156. The summed E-state index contributed by atoms with van der Waals surface area (Å²) in [4.78, 5) is 24.8. The van der Waals surface area contributed by atoms with Gasteiger partial charge in [-0.05, 0) is 26.3 Å². The van der Waals surface area contributed by atoms with Crippen LogP contribution in [0.1, 0.15) is 26.3 Å². The molecule has 0 heterocycles. The average molecular weight is 542 g/mol. The maximum absolute atomic E-state index is 12.6. The fourth-order valence-corrected chi connectivity index (χ4v) is 4.44. The molecule has 0 bridgehead atoms. The second kappa shape index (κ2) is 13.3. The zero-order chi connectivity index (χ0) is 26.0. The molecule has 0 aliphatic carbocycles. The molecule has 1 aromatic rings. The van der Waals surface area contributed by atoms with Gasteiger partial charge in [0.25, 0.3) is 20.2 Å². The smallest absolute Gasteiger partial charge is 0.408 e. The van der Waals surface area contributed by atoms with E-state index in [2.05, 4.69) is 9.50 Å². The second-order valence-electron chi connectivity index (χ2n) is 8.24. The van der Waals surface area contributed by atoms with Gasteiger partial charge in [-0.2, -0.15) is 28.6 Å². The lowest BCUT2D eigenvalue weighted by Crippen LogP contribution is -2.46. The highest BCUT2D eigenvalue weighted by molar-refractivity contribution is 7.99. The van der Waals surface area contributed by atoms with Gasteiger partial charge >= 0.3 is 12.1 Å². The molecule has 0 aliphatic rings. The number of thioether (sulfide) groups is 1. The standard InChI is InChI=1S/C20H31NO10S3/c1-20(2,3)30-18(22)17(21-19(23)28-11-15-9-7-6-8-10-15)14-32-13-16(31-34(5,26)27)12-29-33(4,24)25/h6-10,16-17H,11-14H2,1-5H3,(H,21,23)/t16-,17-/m0/s1. The maximum Gasteiger partial charge on any atom is 0.408 e. The molecule has 0 unspecified atom stereocenters. The zero-order valence-electron chi connectivity index (χ0n) is 19.7. The van der Waals surface area contributed by atoms with Crippen LogP contribution >= 0.6 is 11.8 Å². The molecule has 0 radical (unpaired) electrons. The van der Waals surface area contributed by atoms with Crippen molar-refractivity contribution in [2.75, 3.05) is 30.6 Å². The van der Waals surface area contributed by atoms with Gasteiger partial charge in [-0.1, -0.05) is 30.3 Å². The van der Waals surface area contributed by atoms with Crippen LogP contribution in [0.25, 0.3) is 0 Å². The highest BCUT2D eigenvalue weighted by atomic mass is 32.2. The van der Waals surface area contributed by atoms with Gasteiger partial charge in [0.15, 0.2) is 0 Å². The van der Waals surface area contributed by atoms with Crippen LogP contribution in [0.2, 0.25) is 0 Å². The number of carbonyl (C=O) groups is 2. The summed E-state index contributed by atoms with van der Waals surface area (Å²) in [5, 5.41) is 2.45. The molecule has 1 N–H and O–H groups in total. The Morgan fingerprint density at radius 2 is 1.62 bits per heavy atom. The first kappa shape index (κ1) is 30.2. The Hall–Kier alpha value is -1.87. The van der Waals surface area contributed by atoms with Crippen LogP contribution in [0.5, 0.6) is 0 Å². The van der Waals surface area contributed by atoms with Crippen LogP contribution in [0.4, 0.5) is 4.79 Å². The van der Waals surface area contributed by atoms with Crippen molar-refractivity contribution in [3.63, 3.8) is 0 Å². The zero-order valence-corrected chi connectivity index (χ0v) is 22.1. The van der Waals surface area contributed by atoms with E-state index in [1.54, 1.807) is 45.0 Å². The van der Waals surface area contributed by atoms with Gasteiger partial charge in [-0.15, -0.1) is 0 Å². The van der Waals surface area contributed by atoms with Crippen LogP contribution < -0.4 is 5.32 Å². The molecular weight excluding hydrogens is 510 g/mol. The second-order valence-corrected chi connectivity index (χ2v) is 12.6. The fourth-order valence-electron chi connectivity index (χ4n) is 2.32. The summed E-state index contributed by atoms with van der Waals surface area (Å²) >= 11 is 1.04. The lowest BCUT2D eigenvalue weighted by atomic mass is 10.2. The third-order valence-corrected chi connectivity index (χ3v) is 5.93. The van der Waals surface area contributed by atoms with Crippen molar-refractivity contribution in [2.45, 2.75) is 45.1 Å². The Bertz CT molecular complexity index is 1000. The quantitative estimate of drug-likeness (QED) is 0.287. The van der Waals surface area contributed by atoms with Crippen molar-refractivity contribution in [3.8, 4) is 0 Å². The number of amides is 1. The number of esters is 1. The first-order chi connectivity index (χ1) is 15.5. The summed E-state index contributed by atoms with van der Waals surface area (Å²) in [6.45, 7) is 4.46. The highest BCUT2D eigenvalue weighted by Crippen LogP contribution is 2.15. The van der Waals surface area contributed by atoms with Gasteiger partial charge in [0.1, 0.15) is 24.4 Å². The maximum atomic E-state index is 12.6. The molecule has 2 atom stereocenters. The molecule has 1 aromatic carbocycles. The predicted molar refractivity (Wildman–Crippen MR) is 127 cm³/mol. The van der Waals surface area contributed by atoms with Crippen molar-refractivity contribution in [3.05, 3.63) is 35.9 Å². The molecule has 1 rings (SSSR count). The fraction of sp³-hybridized carbons (Fsp3) is 0.600. The van der Waals surface area contributed by atoms with E-state index in [-0.39, 0.29) is 18.1 Å². The third-order valence-electron chi connectivity index (χ3n) is 3.56. The number of alkyl carbamates (subject to hydrolysis) is 1. The Labute approximate surface area is 205 Å². The van der Waals surface area contributed by atoms with E-state index in [1.807, 2.05) is 6.07 Å². The number of benzene rings is 1. The molecular formula is C20H31NO10S3. The number of rotatable bonds is 13. The van der Waals surface area contributed by atoms with E-state index in [1.165, 1.54) is 0 Å². The van der Waals surface area contributed by atoms with E-state index < -0.39 is 56.7 Å². The molecule has 0 aromatic heterocycles. The monoisotopic (exact) mass is 541 g/mol. The van der Waals surface area contributed by atoms with Crippen molar-refractivity contribution < 1.29 is 44.3 Å². The summed E-state index contributed by atoms with van der Waals surface area (Å²) in [5.74, 6) is -0.801. The molecule has 0 aliphatic heterocycles. The van der Waals surface area contributed by atoms with Crippen molar-refractivity contribution in [1.29, 1.82) is 0 Å². The predicted octanol–water partition coefficient (Wildman–Crippen LogP) is 1.68. The molecule has 0 spiro atoms. The molecule has 194 valence electrons. The van der Waals surface area contributed by atoms with E-state index in [9.17, 15) is 26.4 Å². The minimum atomic E-state index is -3.90. The van der Waals surface area contributed by atoms with Crippen LogP contribution in [0.15, 0.2) is 30.3 Å². The SMILES string of the molecule is CC(C)(C)OC(=O)[C@H](CSC[C@H](COS(C)(=O)=O)OS(C)(=O)=O)NC(=O)OCc1ccccc1. The Morgan fingerprint density at radius 1 is 1.00 bits per heavy atom. The van der Waals surface area contributed by atoms with Gasteiger partial charge < -0.3 is 14.8 Å². The Balaban J connectivity index is 2.78. The van der Waals surface area contributed by atoms with E-state index in [0.29, 0.717) is 0 Å². The molecule has 11 nitrogen and oxygen atoms in total. The summed E-state index contributed by atoms with van der Waals surface area (Å²) in [6.07, 6.45) is -0.344. The minimum absolute atomic E-state index is 0.00599. The van der Waals surface area contributed by atoms with Gasteiger partial charge in [0.2, 0.25) is 0 Å². The largest absolute Gasteiger partial charge is 0.458 e. The molecule has 0 saturated heterocycles. The normalized spacial score (nSPS) is 14.1. The molecule has 14 heteroatoms. The van der Waals surface area contributed by atoms with Crippen molar-refractivity contribution in [2.24, 2.45) is 0 Å². The molecule has 0 fully saturated rings. The number of ether oxygens (including phenoxy) is 2.